The highest BCUT2D eigenvalue weighted by atomic mass is 35.5. The molecule has 2 N–H and O–H groups in total. The summed E-state index contributed by atoms with van der Waals surface area (Å²) in [5, 5.41) is 0. The number of Topliss-reactive ketones (excluding diaryl/α,β-unsaturated/α-hetero) is 2. The van der Waals surface area contributed by atoms with Gasteiger partial charge in [-0.15, -0.1) is 12.4 Å². The number of carbonyl (C=O) groups excluding carboxylic acids is 2. The number of hydrogen-bond donors (Lipinski definition) is 1. The van der Waals surface area contributed by atoms with E-state index in [1.807, 2.05) is 0 Å². The van der Waals surface area contributed by atoms with E-state index in [-0.39, 0.29) is 29.2 Å². The van der Waals surface area contributed by atoms with Gasteiger partial charge >= 0.3 is 0 Å². The number of ketones is 2. The maximum absolute atomic E-state index is 13.3. The molecule has 0 amide bonds. The Labute approximate surface area is 177 Å². The summed E-state index contributed by atoms with van der Waals surface area (Å²) in [6.45, 7) is 5.45. The molecule has 4 rings (SSSR count). The van der Waals surface area contributed by atoms with Crippen molar-refractivity contribution < 1.29 is 9.59 Å². The summed E-state index contributed by atoms with van der Waals surface area (Å²) < 4.78 is 0. The molecule has 0 aliphatic heterocycles. The van der Waals surface area contributed by atoms with E-state index in [1.165, 1.54) is 38.5 Å². The van der Waals surface area contributed by atoms with Crippen molar-refractivity contribution >= 4 is 24.0 Å². The molecule has 0 aromatic carbocycles. The maximum atomic E-state index is 13.3. The van der Waals surface area contributed by atoms with Crippen LogP contribution in [0.5, 0.6) is 0 Å². The van der Waals surface area contributed by atoms with Crippen LogP contribution in [-0.4, -0.2) is 18.1 Å². The minimum atomic E-state index is -0.120. The Balaban J connectivity index is 0.00000225. The van der Waals surface area contributed by atoms with E-state index in [4.69, 9.17) is 5.73 Å². The smallest absolute Gasteiger partial charge is 0.139 e. The fraction of sp³-hybridized carbons (Fsp3) is 0.917. The van der Waals surface area contributed by atoms with E-state index >= 15 is 0 Å². The molecule has 1 unspecified atom stereocenters. The van der Waals surface area contributed by atoms with Crippen molar-refractivity contribution in [3.05, 3.63) is 0 Å². The molecule has 0 bridgehead atoms. The summed E-state index contributed by atoms with van der Waals surface area (Å²) in [6.07, 6.45) is 13.4. The predicted octanol–water partition coefficient (Wildman–Crippen LogP) is 5.33. The van der Waals surface area contributed by atoms with E-state index in [0.29, 0.717) is 29.3 Å². The second-order valence-corrected chi connectivity index (χ2v) is 10.8. The first-order valence-electron chi connectivity index (χ1n) is 11.7. The third-order valence-electron chi connectivity index (χ3n) is 9.59. The van der Waals surface area contributed by atoms with Crippen LogP contribution in [0.3, 0.4) is 0 Å². The third-order valence-corrected chi connectivity index (χ3v) is 9.59. The zero-order chi connectivity index (χ0) is 19.2. The summed E-state index contributed by atoms with van der Waals surface area (Å²) >= 11 is 0. The van der Waals surface area contributed by atoms with Crippen molar-refractivity contribution in [2.24, 2.45) is 46.2 Å². The highest BCUT2D eigenvalue weighted by Crippen LogP contribution is 2.65. The average Bonchev–Trinajstić information content (AvgIpc) is 2.95. The summed E-state index contributed by atoms with van der Waals surface area (Å²) in [4.78, 5) is 25.8. The topological polar surface area (TPSA) is 60.2 Å². The van der Waals surface area contributed by atoms with Crippen LogP contribution in [0.25, 0.3) is 0 Å². The normalized spacial score (nSPS) is 45.0. The van der Waals surface area contributed by atoms with E-state index in [1.54, 1.807) is 0 Å². The quantitative estimate of drug-likeness (QED) is 0.624. The second kappa shape index (κ2) is 8.38. The standard InChI is InChI=1S/C24H39NO2.ClH/c1-23-11-9-16(6-4-3-5-13-25)14-20(23)21(26)15-17-18-7-8-22(27)24(18,2)12-10-19(17)23;/h16-20H,3-15,25H2,1-2H3;1H/t16-,17-,18-,19-,20?,23+,24-;/m0./s1. The minimum absolute atomic E-state index is 0. The van der Waals surface area contributed by atoms with Crippen LogP contribution >= 0.6 is 12.4 Å². The Morgan fingerprint density at radius 1 is 1.00 bits per heavy atom. The summed E-state index contributed by atoms with van der Waals surface area (Å²) in [7, 11) is 0. The highest BCUT2D eigenvalue weighted by molar-refractivity contribution is 5.88. The fourth-order valence-electron chi connectivity index (χ4n) is 7.91. The molecule has 0 heterocycles. The number of rotatable bonds is 5. The molecular formula is C24H40ClNO2. The van der Waals surface area contributed by atoms with Crippen molar-refractivity contribution in [3.8, 4) is 0 Å². The van der Waals surface area contributed by atoms with Crippen LogP contribution in [0.15, 0.2) is 0 Å². The van der Waals surface area contributed by atoms with Crippen LogP contribution in [-0.2, 0) is 9.59 Å². The third kappa shape index (κ3) is 3.49. The van der Waals surface area contributed by atoms with Gasteiger partial charge in [-0.1, -0.05) is 33.1 Å². The second-order valence-electron chi connectivity index (χ2n) is 10.8. The van der Waals surface area contributed by atoms with Gasteiger partial charge in [0.2, 0.25) is 0 Å². The lowest BCUT2D eigenvalue weighted by Gasteiger charge is -2.59. The number of unbranched alkanes of at least 4 members (excludes halogenated alkanes) is 2. The Bertz CT molecular complexity index is 607. The van der Waals surface area contributed by atoms with Gasteiger partial charge < -0.3 is 5.73 Å². The Hall–Kier alpha value is -0.410. The summed E-state index contributed by atoms with van der Waals surface area (Å²) in [5.41, 5.74) is 5.70. The van der Waals surface area contributed by atoms with Gasteiger partial charge in [-0.25, -0.2) is 0 Å². The molecule has 0 radical (unpaired) electrons. The van der Waals surface area contributed by atoms with E-state index in [2.05, 4.69) is 13.8 Å². The zero-order valence-corrected chi connectivity index (χ0v) is 18.7. The van der Waals surface area contributed by atoms with Gasteiger partial charge in [-0.2, -0.15) is 0 Å². The Kier molecular flexibility index (Phi) is 6.67. The molecule has 4 heteroatoms. The van der Waals surface area contributed by atoms with Gasteiger partial charge in [-0.3, -0.25) is 9.59 Å². The molecular weight excluding hydrogens is 370 g/mol. The predicted molar refractivity (Wildman–Crippen MR) is 115 cm³/mol. The number of carbonyl (C=O) groups is 2. The van der Waals surface area contributed by atoms with Crippen molar-refractivity contribution in [3.63, 3.8) is 0 Å². The van der Waals surface area contributed by atoms with Gasteiger partial charge in [0, 0.05) is 24.2 Å². The van der Waals surface area contributed by atoms with Gasteiger partial charge in [0.25, 0.3) is 0 Å². The lowest BCUT2D eigenvalue weighted by atomic mass is 9.44. The Morgan fingerprint density at radius 3 is 2.54 bits per heavy atom. The van der Waals surface area contributed by atoms with E-state index in [0.717, 1.165) is 51.0 Å². The maximum Gasteiger partial charge on any atom is 0.139 e. The molecule has 4 fully saturated rings. The monoisotopic (exact) mass is 409 g/mol. The molecule has 0 aromatic rings. The van der Waals surface area contributed by atoms with Crippen molar-refractivity contribution in [2.75, 3.05) is 6.54 Å². The zero-order valence-electron chi connectivity index (χ0n) is 17.9. The van der Waals surface area contributed by atoms with Crippen LogP contribution in [0, 0.1) is 40.4 Å². The molecule has 4 aliphatic rings. The number of nitrogens with two attached hydrogens (primary N) is 1. The Morgan fingerprint density at radius 2 is 1.79 bits per heavy atom. The molecule has 3 nitrogen and oxygen atoms in total. The van der Waals surface area contributed by atoms with Gasteiger partial charge in [0.1, 0.15) is 11.6 Å². The summed E-state index contributed by atoms with van der Waals surface area (Å²) in [5.74, 6) is 3.66. The number of halogens is 1. The van der Waals surface area contributed by atoms with Crippen LogP contribution in [0.4, 0.5) is 0 Å². The van der Waals surface area contributed by atoms with E-state index in [9.17, 15) is 9.59 Å². The molecule has 0 saturated heterocycles. The van der Waals surface area contributed by atoms with Crippen molar-refractivity contribution in [2.45, 2.75) is 90.9 Å². The first-order valence-corrected chi connectivity index (χ1v) is 11.7. The molecule has 0 spiro atoms. The summed E-state index contributed by atoms with van der Waals surface area (Å²) in [6, 6.07) is 0. The number of hydrogen-bond acceptors (Lipinski definition) is 3. The molecule has 160 valence electrons. The number of fused-ring (bicyclic) bond motifs is 5. The SMILES string of the molecule is C[C@]12CC[C@H](CCCCCN)CC1C(=O)C[C@@H]1[C@@H]2CC[C@]2(C)C(=O)CC[C@@H]12.Cl. The first kappa shape index (κ1) is 22.3. The van der Waals surface area contributed by atoms with Gasteiger partial charge in [0.15, 0.2) is 0 Å². The fourth-order valence-corrected chi connectivity index (χ4v) is 7.91. The highest BCUT2D eigenvalue weighted by Gasteiger charge is 2.62. The lowest BCUT2D eigenvalue weighted by molar-refractivity contribution is -0.158. The molecule has 28 heavy (non-hydrogen) atoms. The lowest BCUT2D eigenvalue weighted by Crippen LogP contribution is -2.56. The average molecular weight is 410 g/mol. The van der Waals surface area contributed by atoms with Gasteiger partial charge in [0.05, 0.1) is 0 Å². The minimum Gasteiger partial charge on any atom is -0.330 e. The van der Waals surface area contributed by atoms with Crippen molar-refractivity contribution in [1.29, 1.82) is 0 Å². The van der Waals surface area contributed by atoms with Crippen LogP contribution in [0.2, 0.25) is 0 Å². The van der Waals surface area contributed by atoms with Crippen molar-refractivity contribution in [1.82, 2.24) is 0 Å². The molecule has 4 saturated carbocycles. The molecule has 7 atom stereocenters. The van der Waals surface area contributed by atoms with Gasteiger partial charge in [-0.05, 0) is 80.6 Å². The first-order chi connectivity index (χ1) is 12.9. The van der Waals surface area contributed by atoms with Crippen LogP contribution < -0.4 is 5.73 Å². The van der Waals surface area contributed by atoms with Crippen LogP contribution in [0.1, 0.15) is 90.9 Å². The molecule has 4 aliphatic carbocycles. The largest absolute Gasteiger partial charge is 0.330 e. The van der Waals surface area contributed by atoms with E-state index < -0.39 is 0 Å². The molecule has 0 aromatic heterocycles.